The summed E-state index contributed by atoms with van der Waals surface area (Å²) in [4.78, 5) is 33.7. The lowest BCUT2D eigenvalue weighted by atomic mass is 9.99. The molecule has 0 atom stereocenters. The Bertz CT molecular complexity index is 833. The van der Waals surface area contributed by atoms with Gasteiger partial charge < -0.3 is 14.9 Å². The number of aromatic carboxylic acids is 2. The Morgan fingerprint density at radius 2 is 1.42 bits per heavy atom. The Kier molecular flexibility index (Phi) is 4.79. The lowest BCUT2D eigenvalue weighted by Gasteiger charge is -2.08. The van der Waals surface area contributed by atoms with Crippen LogP contribution in [-0.2, 0) is 4.79 Å². The van der Waals surface area contributed by atoms with Gasteiger partial charge in [-0.1, -0.05) is 24.8 Å². The second-order valence-electron chi connectivity index (χ2n) is 5.06. The summed E-state index contributed by atoms with van der Waals surface area (Å²) in [5.41, 5.74) is 0.894. The van der Waals surface area contributed by atoms with Crippen molar-refractivity contribution in [1.82, 2.24) is 0 Å². The van der Waals surface area contributed by atoms with E-state index in [1.54, 1.807) is 24.3 Å². The van der Waals surface area contributed by atoms with Crippen molar-refractivity contribution in [1.29, 1.82) is 0 Å². The van der Waals surface area contributed by atoms with Crippen molar-refractivity contribution in [2.75, 3.05) is 0 Å². The molecule has 0 amide bonds. The maximum atomic E-state index is 11.4. The first kappa shape index (κ1) is 17.0. The van der Waals surface area contributed by atoms with Gasteiger partial charge in [0.05, 0.1) is 11.1 Å². The normalized spacial score (nSPS) is 10.0. The van der Waals surface area contributed by atoms with E-state index in [1.807, 2.05) is 0 Å². The Hall–Kier alpha value is -3.41. The number of hydrogen-bond donors (Lipinski definition) is 2. The van der Waals surface area contributed by atoms with Crippen LogP contribution in [0.15, 0.2) is 54.6 Å². The van der Waals surface area contributed by atoms with E-state index in [0.717, 1.165) is 0 Å². The fourth-order valence-electron chi connectivity index (χ4n) is 2.00. The van der Waals surface area contributed by atoms with Crippen molar-refractivity contribution in [2.24, 2.45) is 0 Å². The Morgan fingerprint density at radius 3 is 1.92 bits per heavy atom. The van der Waals surface area contributed by atoms with Crippen molar-refractivity contribution >= 4 is 17.9 Å². The summed E-state index contributed by atoms with van der Waals surface area (Å²) in [5.74, 6) is -2.84. The minimum atomic E-state index is -1.32. The van der Waals surface area contributed by atoms with E-state index in [0.29, 0.717) is 16.9 Å². The molecule has 0 saturated heterocycles. The van der Waals surface area contributed by atoms with E-state index in [1.165, 1.54) is 25.1 Å². The monoisotopic (exact) mass is 326 g/mol. The fourth-order valence-corrected chi connectivity index (χ4v) is 2.00. The molecule has 0 fully saturated rings. The average Bonchev–Trinajstić information content (AvgIpc) is 2.54. The van der Waals surface area contributed by atoms with Gasteiger partial charge in [-0.25, -0.2) is 14.4 Å². The maximum absolute atomic E-state index is 11.4. The molecule has 0 unspecified atom stereocenters. The fraction of sp³-hybridized carbons (Fsp3) is 0.0556. The summed E-state index contributed by atoms with van der Waals surface area (Å²) in [6, 6.07) is 10.5. The molecule has 6 nitrogen and oxygen atoms in total. The van der Waals surface area contributed by atoms with Crippen molar-refractivity contribution in [3.63, 3.8) is 0 Å². The van der Waals surface area contributed by atoms with E-state index in [9.17, 15) is 14.4 Å². The summed E-state index contributed by atoms with van der Waals surface area (Å²) >= 11 is 0. The molecule has 0 saturated carbocycles. The number of esters is 1. The average molecular weight is 326 g/mol. The van der Waals surface area contributed by atoms with Gasteiger partial charge in [0.25, 0.3) is 0 Å². The highest BCUT2D eigenvalue weighted by Gasteiger charge is 2.16. The SMILES string of the molecule is C=C(C)C(=O)Oc1ccc(-c2ccc(C(=O)O)c(C(=O)O)c2)cc1. The molecule has 0 aliphatic rings. The van der Waals surface area contributed by atoms with Crippen LogP contribution in [0.5, 0.6) is 5.75 Å². The van der Waals surface area contributed by atoms with E-state index in [4.69, 9.17) is 14.9 Å². The van der Waals surface area contributed by atoms with Gasteiger partial charge in [0.1, 0.15) is 5.75 Å². The molecule has 0 radical (unpaired) electrons. The highest BCUT2D eigenvalue weighted by molar-refractivity contribution is 6.02. The molecule has 0 aliphatic carbocycles. The number of carboxylic acid groups (broad SMARTS) is 2. The van der Waals surface area contributed by atoms with Crippen molar-refractivity contribution in [3.8, 4) is 16.9 Å². The zero-order valence-corrected chi connectivity index (χ0v) is 12.8. The van der Waals surface area contributed by atoms with E-state index in [-0.39, 0.29) is 16.7 Å². The Balaban J connectivity index is 2.34. The largest absolute Gasteiger partial charge is 0.478 e. The second-order valence-corrected chi connectivity index (χ2v) is 5.06. The van der Waals surface area contributed by atoms with Crippen LogP contribution < -0.4 is 4.74 Å². The predicted octanol–water partition coefficient (Wildman–Crippen LogP) is 3.23. The molecule has 0 bridgehead atoms. The number of benzene rings is 2. The zero-order valence-electron chi connectivity index (χ0n) is 12.8. The van der Waals surface area contributed by atoms with Gasteiger partial charge in [0, 0.05) is 5.57 Å². The van der Waals surface area contributed by atoms with Crippen LogP contribution in [0, 0.1) is 0 Å². The minimum Gasteiger partial charge on any atom is -0.478 e. The molecule has 0 aromatic heterocycles. The molecular weight excluding hydrogens is 312 g/mol. The maximum Gasteiger partial charge on any atom is 0.338 e. The number of ether oxygens (including phenoxy) is 1. The molecule has 0 spiro atoms. The van der Waals surface area contributed by atoms with Crippen molar-refractivity contribution < 1.29 is 29.3 Å². The Labute approximate surface area is 137 Å². The number of carboxylic acids is 2. The van der Waals surface area contributed by atoms with Crippen LogP contribution in [0.25, 0.3) is 11.1 Å². The summed E-state index contributed by atoms with van der Waals surface area (Å²) < 4.78 is 5.07. The number of rotatable bonds is 5. The lowest BCUT2D eigenvalue weighted by Crippen LogP contribution is -2.08. The summed E-state index contributed by atoms with van der Waals surface area (Å²) in [6.07, 6.45) is 0. The highest BCUT2D eigenvalue weighted by atomic mass is 16.5. The smallest absolute Gasteiger partial charge is 0.338 e. The van der Waals surface area contributed by atoms with Gasteiger partial charge in [0.15, 0.2) is 0 Å². The van der Waals surface area contributed by atoms with Gasteiger partial charge in [-0.05, 0) is 42.3 Å². The second kappa shape index (κ2) is 6.78. The Morgan fingerprint density at radius 1 is 0.875 bits per heavy atom. The van der Waals surface area contributed by atoms with Crippen LogP contribution in [0.1, 0.15) is 27.6 Å². The minimum absolute atomic E-state index is 0.273. The molecule has 2 N–H and O–H groups in total. The predicted molar refractivity (Wildman–Crippen MR) is 86.2 cm³/mol. The van der Waals surface area contributed by atoms with Gasteiger partial charge in [-0.2, -0.15) is 0 Å². The molecule has 2 rings (SSSR count). The van der Waals surface area contributed by atoms with E-state index in [2.05, 4.69) is 6.58 Å². The third kappa shape index (κ3) is 3.67. The molecule has 2 aromatic carbocycles. The van der Waals surface area contributed by atoms with Crippen LogP contribution >= 0.6 is 0 Å². The third-order valence-corrected chi connectivity index (χ3v) is 3.23. The first-order valence-corrected chi connectivity index (χ1v) is 6.88. The van der Waals surface area contributed by atoms with Crippen LogP contribution in [-0.4, -0.2) is 28.1 Å². The molecule has 122 valence electrons. The molecular formula is C18H14O6. The molecule has 0 aliphatic heterocycles. The van der Waals surface area contributed by atoms with Gasteiger partial charge in [0.2, 0.25) is 0 Å². The standard InChI is InChI=1S/C18H14O6/c1-10(2)18(23)24-13-6-3-11(4-7-13)12-5-8-14(16(19)20)15(9-12)17(21)22/h3-9H,1H2,2H3,(H,19,20)(H,21,22). The van der Waals surface area contributed by atoms with Crippen LogP contribution in [0.2, 0.25) is 0 Å². The van der Waals surface area contributed by atoms with Crippen LogP contribution in [0.3, 0.4) is 0 Å². The first-order chi connectivity index (χ1) is 11.3. The van der Waals surface area contributed by atoms with E-state index < -0.39 is 17.9 Å². The quantitative estimate of drug-likeness (QED) is 0.497. The number of carbonyl (C=O) groups excluding carboxylic acids is 1. The lowest BCUT2D eigenvalue weighted by molar-refractivity contribution is -0.130. The summed E-state index contributed by atoms with van der Waals surface area (Å²) in [5, 5.41) is 18.2. The molecule has 6 heteroatoms. The first-order valence-electron chi connectivity index (χ1n) is 6.88. The zero-order chi connectivity index (χ0) is 17.9. The van der Waals surface area contributed by atoms with Crippen molar-refractivity contribution in [3.05, 3.63) is 65.7 Å². The molecule has 2 aromatic rings. The van der Waals surface area contributed by atoms with Gasteiger partial charge in [-0.15, -0.1) is 0 Å². The van der Waals surface area contributed by atoms with Crippen molar-refractivity contribution in [2.45, 2.75) is 6.92 Å². The molecule has 0 heterocycles. The third-order valence-electron chi connectivity index (χ3n) is 3.23. The van der Waals surface area contributed by atoms with Crippen LogP contribution in [0.4, 0.5) is 0 Å². The van der Waals surface area contributed by atoms with E-state index >= 15 is 0 Å². The van der Waals surface area contributed by atoms with Gasteiger partial charge in [-0.3, -0.25) is 0 Å². The summed E-state index contributed by atoms with van der Waals surface area (Å²) in [7, 11) is 0. The summed E-state index contributed by atoms with van der Waals surface area (Å²) in [6.45, 7) is 5.02. The molecule has 24 heavy (non-hydrogen) atoms. The van der Waals surface area contributed by atoms with Gasteiger partial charge >= 0.3 is 17.9 Å². The topological polar surface area (TPSA) is 101 Å². The number of hydrogen-bond acceptors (Lipinski definition) is 4. The highest BCUT2D eigenvalue weighted by Crippen LogP contribution is 2.25. The number of carbonyl (C=O) groups is 3.